The average molecular weight is 390 g/mol. The van der Waals surface area contributed by atoms with Gasteiger partial charge in [-0.1, -0.05) is 48.2 Å². The molecule has 2 aromatic carbocycles. The third-order valence-electron chi connectivity index (χ3n) is 5.02. The molecule has 1 aliphatic heterocycles. The molecule has 1 amide bonds. The number of aromatic nitrogens is 3. The van der Waals surface area contributed by atoms with Crippen molar-refractivity contribution in [2.24, 2.45) is 0 Å². The number of hydrogen-bond donors (Lipinski definition) is 1. The predicted molar refractivity (Wildman–Crippen MR) is 109 cm³/mol. The summed E-state index contributed by atoms with van der Waals surface area (Å²) in [6.07, 6.45) is 2.75. The van der Waals surface area contributed by atoms with E-state index in [1.807, 2.05) is 53.6 Å². The number of carbonyl (C=O) groups is 1. The summed E-state index contributed by atoms with van der Waals surface area (Å²) in [7, 11) is 0. The molecule has 0 saturated carbocycles. The van der Waals surface area contributed by atoms with E-state index in [0.717, 1.165) is 28.6 Å². The summed E-state index contributed by atoms with van der Waals surface area (Å²) in [6.45, 7) is 2.07. The van der Waals surface area contributed by atoms with E-state index in [-0.39, 0.29) is 17.7 Å². The number of benzene rings is 2. The van der Waals surface area contributed by atoms with E-state index < -0.39 is 0 Å². The van der Waals surface area contributed by atoms with Crippen LogP contribution in [0.2, 0.25) is 0 Å². The van der Waals surface area contributed by atoms with Crippen molar-refractivity contribution in [2.45, 2.75) is 24.6 Å². The molecule has 3 heterocycles. The molecule has 6 nitrogen and oxygen atoms in total. The molecular formula is C21H18N4O2S. The van der Waals surface area contributed by atoms with E-state index >= 15 is 0 Å². The maximum atomic E-state index is 12.8. The van der Waals surface area contributed by atoms with Crippen molar-refractivity contribution in [3.05, 3.63) is 60.3 Å². The molecule has 28 heavy (non-hydrogen) atoms. The molecule has 4 aromatic rings. The van der Waals surface area contributed by atoms with Crippen LogP contribution in [0.1, 0.15) is 12.5 Å². The molecule has 0 unspecified atom stereocenters. The normalized spacial score (nSPS) is 15.9. The van der Waals surface area contributed by atoms with Crippen LogP contribution in [-0.2, 0) is 11.2 Å². The van der Waals surface area contributed by atoms with Crippen molar-refractivity contribution >= 4 is 34.3 Å². The summed E-state index contributed by atoms with van der Waals surface area (Å²) in [5, 5.41) is 9.68. The summed E-state index contributed by atoms with van der Waals surface area (Å²) >= 11 is 1.27. The maximum Gasteiger partial charge on any atom is 0.277 e. The van der Waals surface area contributed by atoms with Crippen LogP contribution in [0.5, 0.6) is 0 Å². The van der Waals surface area contributed by atoms with Crippen LogP contribution in [0.4, 0.5) is 5.69 Å². The van der Waals surface area contributed by atoms with E-state index in [1.54, 1.807) is 0 Å². The number of carbonyl (C=O) groups excluding carboxylic acids is 1. The summed E-state index contributed by atoms with van der Waals surface area (Å²) in [6, 6.07) is 16.2. The van der Waals surface area contributed by atoms with Gasteiger partial charge in [-0.3, -0.25) is 4.79 Å². The summed E-state index contributed by atoms with van der Waals surface area (Å²) in [5.74, 6) is 0.760. The molecule has 0 radical (unpaired) electrons. The van der Waals surface area contributed by atoms with Crippen molar-refractivity contribution < 1.29 is 9.21 Å². The lowest BCUT2D eigenvalue weighted by atomic mass is 10.1. The zero-order chi connectivity index (χ0) is 19.1. The minimum atomic E-state index is 0.0503. The highest BCUT2D eigenvalue weighted by Crippen LogP contribution is 2.33. The third kappa shape index (κ3) is 2.88. The van der Waals surface area contributed by atoms with Gasteiger partial charge in [-0.05, 0) is 31.0 Å². The highest BCUT2D eigenvalue weighted by molar-refractivity contribution is 7.99. The number of rotatable bonds is 4. The molecular weight excluding hydrogens is 372 g/mol. The standard InChI is InChI=1S/C21H18N4O2S/c1-13-10-14-6-2-5-9-18(14)25(13)19(26)12-28-21-24-23-20(27-21)16-11-22-17-8-4-3-7-15(16)17/h2-9,11,13,22H,10,12H2,1H3/t13-/m0/s1. The third-order valence-corrected chi connectivity index (χ3v) is 5.82. The zero-order valence-electron chi connectivity index (χ0n) is 15.3. The van der Waals surface area contributed by atoms with E-state index in [2.05, 4.69) is 28.2 Å². The van der Waals surface area contributed by atoms with E-state index in [4.69, 9.17) is 4.42 Å². The number of nitrogens with zero attached hydrogens (tertiary/aromatic N) is 3. The van der Waals surface area contributed by atoms with Crippen LogP contribution in [0.3, 0.4) is 0 Å². The number of nitrogens with one attached hydrogen (secondary N) is 1. The van der Waals surface area contributed by atoms with E-state index in [1.165, 1.54) is 17.3 Å². The molecule has 0 aliphatic carbocycles. The van der Waals surface area contributed by atoms with Crippen molar-refractivity contribution in [2.75, 3.05) is 10.7 Å². The lowest BCUT2D eigenvalue weighted by Gasteiger charge is -2.22. The second kappa shape index (κ2) is 6.83. The van der Waals surface area contributed by atoms with Crippen LogP contribution >= 0.6 is 11.8 Å². The molecule has 0 spiro atoms. The van der Waals surface area contributed by atoms with Gasteiger partial charge in [-0.25, -0.2) is 0 Å². The van der Waals surface area contributed by atoms with Crippen LogP contribution in [0, 0.1) is 0 Å². The van der Waals surface area contributed by atoms with Gasteiger partial charge in [-0.2, -0.15) is 0 Å². The number of anilines is 1. The molecule has 5 rings (SSSR count). The fourth-order valence-corrected chi connectivity index (χ4v) is 4.39. The largest absolute Gasteiger partial charge is 0.411 e. The second-order valence-electron chi connectivity index (χ2n) is 6.86. The predicted octanol–water partition coefficient (Wildman–Crippen LogP) is 4.29. The van der Waals surface area contributed by atoms with Crippen molar-refractivity contribution in [3.63, 3.8) is 0 Å². The first-order chi connectivity index (χ1) is 13.7. The Morgan fingerprint density at radius 1 is 1.21 bits per heavy atom. The van der Waals surface area contributed by atoms with Gasteiger partial charge in [0, 0.05) is 28.8 Å². The van der Waals surface area contributed by atoms with Gasteiger partial charge in [0.05, 0.1) is 11.3 Å². The molecule has 1 atom stereocenters. The quantitative estimate of drug-likeness (QED) is 0.526. The number of hydrogen-bond acceptors (Lipinski definition) is 5. The van der Waals surface area contributed by atoms with Gasteiger partial charge in [0.1, 0.15) is 0 Å². The Labute approximate surface area is 166 Å². The van der Waals surface area contributed by atoms with Crippen LogP contribution in [0.25, 0.3) is 22.4 Å². The first kappa shape index (κ1) is 17.1. The van der Waals surface area contributed by atoms with E-state index in [9.17, 15) is 4.79 Å². The maximum absolute atomic E-state index is 12.8. The van der Waals surface area contributed by atoms with Crippen LogP contribution in [0.15, 0.2) is 64.4 Å². The Kier molecular flexibility index (Phi) is 4.16. The fraction of sp³-hybridized carbons (Fsp3) is 0.190. The highest BCUT2D eigenvalue weighted by Gasteiger charge is 2.30. The van der Waals surface area contributed by atoms with Gasteiger partial charge >= 0.3 is 0 Å². The SMILES string of the molecule is C[C@H]1Cc2ccccc2N1C(=O)CSc1nnc(-c2c[nH]c3ccccc23)o1. The number of H-pyrrole nitrogens is 1. The van der Waals surface area contributed by atoms with E-state index in [0.29, 0.717) is 11.1 Å². The molecule has 1 aliphatic rings. The van der Waals surface area contributed by atoms with Crippen molar-refractivity contribution in [1.82, 2.24) is 15.2 Å². The van der Waals surface area contributed by atoms with Gasteiger partial charge in [0.2, 0.25) is 5.91 Å². The van der Waals surface area contributed by atoms with Crippen LogP contribution < -0.4 is 4.90 Å². The Hall–Kier alpha value is -3.06. The number of amides is 1. The van der Waals surface area contributed by atoms with Gasteiger partial charge in [0.25, 0.3) is 11.1 Å². The fourth-order valence-electron chi connectivity index (χ4n) is 3.76. The first-order valence-electron chi connectivity index (χ1n) is 9.13. The Balaban J connectivity index is 1.31. The van der Waals surface area contributed by atoms with Crippen LogP contribution in [-0.4, -0.2) is 32.9 Å². The number of para-hydroxylation sites is 2. The first-order valence-corrected chi connectivity index (χ1v) is 10.1. The van der Waals surface area contributed by atoms with Gasteiger partial charge in [-0.15, -0.1) is 10.2 Å². The topological polar surface area (TPSA) is 75.0 Å². The van der Waals surface area contributed by atoms with Gasteiger partial charge < -0.3 is 14.3 Å². The monoisotopic (exact) mass is 390 g/mol. The molecule has 2 aromatic heterocycles. The highest BCUT2D eigenvalue weighted by atomic mass is 32.2. The number of aromatic amines is 1. The number of thioether (sulfide) groups is 1. The lowest BCUT2D eigenvalue weighted by Crippen LogP contribution is -2.36. The number of fused-ring (bicyclic) bond motifs is 2. The Morgan fingerprint density at radius 3 is 2.96 bits per heavy atom. The molecule has 1 N–H and O–H groups in total. The summed E-state index contributed by atoms with van der Waals surface area (Å²) < 4.78 is 5.80. The lowest BCUT2D eigenvalue weighted by molar-refractivity contribution is -0.116. The summed E-state index contributed by atoms with van der Waals surface area (Å²) in [4.78, 5) is 17.9. The Bertz CT molecular complexity index is 1170. The average Bonchev–Trinajstić information content (AvgIpc) is 3.41. The smallest absolute Gasteiger partial charge is 0.277 e. The zero-order valence-corrected chi connectivity index (χ0v) is 16.1. The van der Waals surface area contributed by atoms with Gasteiger partial charge in [0.15, 0.2) is 0 Å². The minimum absolute atomic E-state index is 0.0503. The van der Waals surface area contributed by atoms with Crippen molar-refractivity contribution in [1.29, 1.82) is 0 Å². The molecule has 7 heteroatoms. The minimum Gasteiger partial charge on any atom is -0.411 e. The van der Waals surface area contributed by atoms with Crippen molar-refractivity contribution in [3.8, 4) is 11.5 Å². The molecule has 0 saturated heterocycles. The summed E-state index contributed by atoms with van der Waals surface area (Å²) in [5.41, 5.74) is 4.10. The molecule has 140 valence electrons. The molecule has 0 fully saturated rings. The molecule has 0 bridgehead atoms. The Morgan fingerprint density at radius 2 is 2.04 bits per heavy atom. The second-order valence-corrected chi connectivity index (χ2v) is 7.78.